The van der Waals surface area contributed by atoms with Crippen molar-refractivity contribution in [3.63, 3.8) is 0 Å². The van der Waals surface area contributed by atoms with E-state index in [1.54, 1.807) is 17.4 Å². The van der Waals surface area contributed by atoms with E-state index in [-0.39, 0.29) is 11.9 Å². The van der Waals surface area contributed by atoms with Crippen molar-refractivity contribution in [1.29, 1.82) is 0 Å². The number of aromatic nitrogens is 5. The van der Waals surface area contributed by atoms with Crippen molar-refractivity contribution >= 4 is 45.2 Å². The molecular weight excluding hydrogens is 516 g/mol. The standard InChI is InChI=1S/C31H32N8O2/c1-19-12-22(6-9-28(19)41-23-7-8-27-25(14-23)35-18-38(27)5)36-30-24-15-29(32-16-26(24)33-17-34-30)39-11-10-21(31(39)40)13-20(2)37(3)4/h6-9,12-18,20H,10-11H2,1-5H3,(H,33,34,36)/b21-13+. The molecule has 3 aromatic heterocycles. The summed E-state index contributed by atoms with van der Waals surface area (Å²) in [6.45, 7) is 4.67. The number of aryl methyl sites for hydroxylation is 2. The molecule has 6 rings (SSSR count). The number of pyridine rings is 1. The lowest BCUT2D eigenvalue weighted by Gasteiger charge is -2.17. The zero-order valence-electron chi connectivity index (χ0n) is 23.8. The van der Waals surface area contributed by atoms with E-state index in [0.29, 0.717) is 30.1 Å². The Morgan fingerprint density at radius 3 is 2.71 bits per heavy atom. The highest BCUT2D eigenvalue weighted by atomic mass is 16.5. The van der Waals surface area contributed by atoms with Crippen molar-refractivity contribution in [2.75, 3.05) is 30.9 Å². The quantitative estimate of drug-likeness (QED) is 0.271. The molecule has 4 heterocycles. The Hall–Kier alpha value is -4.83. The summed E-state index contributed by atoms with van der Waals surface area (Å²) in [5.41, 5.74) is 5.26. The molecule has 0 saturated carbocycles. The van der Waals surface area contributed by atoms with Gasteiger partial charge in [0.15, 0.2) is 0 Å². The number of anilines is 3. The summed E-state index contributed by atoms with van der Waals surface area (Å²) in [5, 5.41) is 4.20. The van der Waals surface area contributed by atoms with Crippen molar-refractivity contribution in [2.45, 2.75) is 26.3 Å². The van der Waals surface area contributed by atoms with E-state index in [0.717, 1.165) is 44.7 Å². The molecule has 10 heteroatoms. The molecule has 1 aliphatic heterocycles. The molecule has 1 aliphatic rings. The highest BCUT2D eigenvalue weighted by Crippen LogP contribution is 2.32. The van der Waals surface area contributed by atoms with Crippen LogP contribution in [0.5, 0.6) is 11.5 Å². The minimum atomic E-state index is -0.00897. The number of imidazole rings is 1. The number of benzene rings is 2. The topological polar surface area (TPSA) is 101 Å². The summed E-state index contributed by atoms with van der Waals surface area (Å²) < 4.78 is 8.15. The highest BCUT2D eigenvalue weighted by molar-refractivity contribution is 6.08. The van der Waals surface area contributed by atoms with Crippen LogP contribution in [0.2, 0.25) is 0 Å². The number of nitrogens with one attached hydrogen (secondary N) is 1. The molecule has 1 atom stereocenters. The van der Waals surface area contributed by atoms with Crippen LogP contribution in [0.1, 0.15) is 18.9 Å². The molecule has 5 aromatic rings. The number of fused-ring (bicyclic) bond motifs is 2. The van der Waals surface area contributed by atoms with E-state index in [4.69, 9.17) is 4.74 Å². The first-order valence-electron chi connectivity index (χ1n) is 13.5. The fourth-order valence-corrected chi connectivity index (χ4v) is 4.91. The number of amides is 1. The van der Waals surface area contributed by atoms with Crippen LogP contribution in [0, 0.1) is 6.92 Å². The summed E-state index contributed by atoms with van der Waals surface area (Å²) in [5.74, 6) is 2.70. The van der Waals surface area contributed by atoms with E-state index in [1.807, 2.05) is 81.2 Å². The molecule has 208 valence electrons. The summed E-state index contributed by atoms with van der Waals surface area (Å²) in [6.07, 6.45) is 7.72. The molecule has 0 aliphatic carbocycles. The summed E-state index contributed by atoms with van der Waals surface area (Å²) in [4.78, 5) is 34.8. The van der Waals surface area contributed by atoms with Gasteiger partial charge in [0.05, 0.1) is 29.1 Å². The van der Waals surface area contributed by atoms with Crippen LogP contribution in [0.25, 0.3) is 21.9 Å². The van der Waals surface area contributed by atoms with Crippen molar-refractivity contribution < 1.29 is 9.53 Å². The fraction of sp³-hybridized carbons (Fsp3) is 0.258. The van der Waals surface area contributed by atoms with Crippen LogP contribution in [-0.2, 0) is 11.8 Å². The predicted octanol–water partition coefficient (Wildman–Crippen LogP) is 5.37. The zero-order chi connectivity index (χ0) is 28.7. The van der Waals surface area contributed by atoms with Crippen molar-refractivity contribution in [3.05, 3.63) is 78.5 Å². The van der Waals surface area contributed by atoms with Gasteiger partial charge in [-0.15, -0.1) is 0 Å². The molecule has 0 bridgehead atoms. The van der Waals surface area contributed by atoms with Crippen LogP contribution in [0.3, 0.4) is 0 Å². The fourth-order valence-electron chi connectivity index (χ4n) is 4.91. The number of likely N-dealkylation sites (N-methyl/N-ethyl adjacent to an activating group) is 1. The minimum absolute atomic E-state index is 0.00897. The van der Waals surface area contributed by atoms with Gasteiger partial charge in [0, 0.05) is 42.3 Å². The normalized spacial score (nSPS) is 15.4. The van der Waals surface area contributed by atoms with Gasteiger partial charge in [-0.1, -0.05) is 6.08 Å². The maximum Gasteiger partial charge on any atom is 0.255 e. The van der Waals surface area contributed by atoms with E-state index in [9.17, 15) is 4.79 Å². The van der Waals surface area contributed by atoms with Crippen LogP contribution in [0.4, 0.5) is 17.3 Å². The number of hydrogen-bond acceptors (Lipinski definition) is 8. The number of hydrogen-bond donors (Lipinski definition) is 1. The molecule has 1 amide bonds. The monoisotopic (exact) mass is 548 g/mol. The predicted molar refractivity (Wildman–Crippen MR) is 161 cm³/mol. The van der Waals surface area contributed by atoms with Gasteiger partial charge in [0.1, 0.15) is 29.5 Å². The number of rotatable bonds is 7. The SMILES string of the molecule is Cc1cc(Nc2ncnc3cnc(N4CC/C(=C\C(C)N(C)C)C4=O)cc23)ccc1Oc1ccc2c(c1)ncn2C. The Kier molecular flexibility index (Phi) is 6.84. The summed E-state index contributed by atoms with van der Waals surface area (Å²) in [6, 6.07) is 13.8. The second kappa shape index (κ2) is 10.6. The second-order valence-corrected chi connectivity index (χ2v) is 10.6. The van der Waals surface area contributed by atoms with Gasteiger partial charge in [0.25, 0.3) is 5.91 Å². The summed E-state index contributed by atoms with van der Waals surface area (Å²) >= 11 is 0. The van der Waals surface area contributed by atoms with E-state index < -0.39 is 0 Å². The average molecular weight is 549 g/mol. The highest BCUT2D eigenvalue weighted by Gasteiger charge is 2.29. The molecule has 1 fully saturated rings. The van der Waals surface area contributed by atoms with E-state index >= 15 is 0 Å². The molecule has 0 radical (unpaired) electrons. The Bertz CT molecular complexity index is 1810. The van der Waals surface area contributed by atoms with Crippen molar-refractivity contribution in [3.8, 4) is 11.5 Å². The van der Waals surface area contributed by atoms with Crippen LogP contribution < -0.4 is 15.0 Å². The van der Waals surface area contributed by atoms with E-state index in [1.165, 1.54) is 6.33 Å². The minimum Gasteiger partial charge on any atom is -0.457 e. The van der Waals surface area contributed by atoms with Gasteiger partial charge in [-0.2, -0.15) is 0 Å². The smallest absolute Gasteiger partial charge is 0.255 e. The molecule has 1 N–H and O–H groups in total. The largest absolute Gasteiger partial charge is 0.457 e. The maximum absolute atomic E-state index is 13.2. The number of carbonyl (C=O) groups excluding carboxylic acids is 1. The molecule has 10 nitrogen and oxygen atoms in total. The van der Waals surface area contributed by atoms with Gasteiger partial charge in [-0.3, -0.25) is 9.69 Å². The van der Waals surface area contributed by atoms with Crippen molar-refractivity contribution in [2.24, 2.45) is 7.05 Å². The summed E-state index contributed by atoms with van der Waals surface area (Å²) in [7, 11) is 5.98. The molecule has 2 aromatic carbocycles. The Labute approximate surface area is 238 Å². The second-order valence-electron chi connectivity index (χ2n) is 10.6. The van der Waals surface area contributed by atoms with Crippen LogP contribution >= 0.6 is 0 Å². The third-order valence-electron chi connectivity index (χ3n) is 7.53. The number of ether oxygens (including phenoxy) is 1. The van der Waals surface area contributed by atoms with Gasteiger partial charge >= 0.3 is 0 Å². The average Bonchev–Trinajstić information content (AvgIpc) is 3.51. The Morgan fingerprint density at radius 2 is 1.90 bits per heavy atom. The van der Waals surface area contributed by atoms with Gasteiger partial charge < -0.3 is 19.5 Å². The first kappa shape index (κ1) is 26.4. The van der Waals surface area contributed by atoms with E-state index in [2.05, 4.69) is 37.1 Å². The van der Waals surface area contributed by atoms with Gasteiger partial charge in [-0.25, -0.2) is 19.9 Å². The molecule has 0 spiro atoms. The lowest BCUT2D eigenvalue weighted by Crippen LogP contribution is -2.27. The molecule has 1 saturated heterocycles. The maximum atomic E-state index is 13.2. The third kappa shape index (κ3) is 5.21. The van der Waals surface area contributed by atoms with Gasteiger partial charge in [-0.05, 0) is 76.3 Å². The van der Waals surface area contributed by atoms with Gasteiger partial charge in [0.2, 0.25) is 0 Å². The van der Waals surface area contributed by atoms with Crippen LogP contribution in [-0.4, -0.2) is 62.0 Å². The zero-order valence-corrected chi connectivity index (χ0v) is 23.8. The Balaban J connectivity index is 1.23. The number of carbonyl (C=O) groups is 1. The molecule has 1 unspecified atom stereocenters. The lowest BCUT2D eigenvalue weighted by atomic mass is 10.1. The Morgan fingerprint density at radius 1 is 1.05 bits per heavy atom. The molecular formula is C31H32N8O2. The molecule has 41 heavy (non-hydrogen) atoms. The van der Waals surface area contributed by atoms with Crippen LogP contribution in [0.15, 0.2) is 73.0 Å². The first-order valence-corrected chi connectivity index (χ1v) is 13.5. The van der Waals surface area contributed by atoms with Crippen molar-refractivity contribution in [1.82, 2.24) is 29.4 Å². The lowest BCUT2D eigenvalue weighted by molar-refractivity contribution is -0.114. The third-order valence-corrected chi connectivity index (χ3v) is 7.53. The number of nitrogens with zero attached hydrogens (tertiary/aromatic N) is 7. The first-order chi connectivity index (χ1) is 19.8.